The van der Waals surface area contributed by atoms with E-state index in [0.717, 1.165) is 36.4 Å². The Balaban J connectivity index is 1.32. The molecule has 6 rings (SSSR count). The summed E-state index contributed by atoms with van der Waals surface area (Å²) in [4.78, 5) is 102. The number of esters is 1. The lowest BCUT2D eigenvalue weighted by Gasteiger charge is -2.39. The molecule has 4 saturated heterocycles. The van der Waals surface area contributed by atoms with Crippen LogP contribution in [0.25, 0.3) is 0 Å². The second-order valence-corrected chi connectivity index (χ2v) is 16.1. The maximum absolute atomic E-state index is 14.7. The molecule has 0 spiro atoms. The van der Waals surface area contributed by atoms with Crippen molar-refractivity contribution in [3.63, 3.8) is 0 Å². The van der Waals surface area contributed by atoms with Crippen LogP contribution in [0, 0.1) is 17.6 Å². The number of fused-ring (bicyclic) bond motifs is 3. The van der Waals surface area contributed by atoms with Crippen molar-refractivity contribution in [1.29, 1.82) is 0 Å². The summed E-state index contributed by atoms with van der Waals surface area (Å²) in [5, 5.41) is 9.98. The smallest absolute Gasteiger partial charge is 0.458 e. The van der Waals surface area contributed by atoms with Crippen LogP contribution >= 0.6 is 0 Å². The van der Waals surface area contributed by atoms with Gasteiger partial charge in [0.05, 0.1) is 0 Å². The number of nitrogens with zero attached hydrogens (tertiary/aromatic N) is 3. The number of alkyl halides is 3. The molecule has 4 aliphatic rings. The molecule has 0 aliphatic carbocycles. The van der Waals surface area contributed by atoms with E-state index in [9.17, 15) is 55.5 Å². The average molecular weight is 878 g/mol. The molecule has 7 amide bonds. The first-order valence-corrected chi connectivity index (χ1v) is 20.4. The zero-order chi connectivity index (χ0) is 45.0. The van der Waals surface area contributed by atoms with Crippen molar-refractivity contribution in [2.75, 3.05) is 25.0 Å². The van der Waals surface area contributed by atoms with Gasteiger partial charge in [-0.05, 0) is 100 Å². The van der Waals surface area contributed by atoms with Gasteiger partial charge in [-0.1, -0.05) is 6.92 Å². The molecule has 0 saturated carbocycles. The van der Waals surface area contributed by atoms with E-state index < -0.39 is 114 Å². The third-order valence-corrected chi connectivity index (χ3v) is 11.4. The maximum atomic E-state index is 14.7. The molecule has 1 unspecified atom stereocenters. The minimum Gasteiger partial charge on any atom is -0.458 e. The van der Waals surface area contributed by atoms with Crippen LogP contribution in [0.5, 0.6) is 5.75 Å². The molecule has 2 aromatic rings. The number of ether oxygens (including phenoxy) is 2. The van der Waals surface area contributed by atoms with Gasteiger partial charge in [-0.2, -0.15) is 0 Å². The molecular weight excluding hydrogens is 829 g/mol. The van der Waals surface area contributed by atoms with E-state index in [1.54, 1.807) is 0 Å². The summed E-state index contributed by atoms with van der Waals surface area (Å²) in [5.74, 6) is -7.23. The fourth-order valence-corrected chi connectivity index (χ4v) is 8.46. The van der Waals surface area contributed by atoms with Crippen LogP contribution < -0.4 is 26.0 Å². The van der Waals surface area contributed by atoms with Crippen LogP contribution in [-0.2, 0) is 39.9 Å². The summed E-state index contributed by atoms with van der Waals surface area (Å²) >= 11 is 0. The van der Waals surface area contributed by atoms with E-state index in [4.69, 9.17) is 4.74 Å². The number of nitrogens with one attached hydrogen (secondary N) is 4. The molecule has 0 bridgehead atoms. The molecule has 21 heteroatoms. The molecule has 0 radical (unpaired) electrons. The van der Waals surface area contributed by atoms with Crippen molar-refractivity contribution >= 4 is 47.2 Å². The van der Waals surface area contributed by atoms with E-state index in [-0.39, 0.29) is 49.6 Å². The Morgan fingerprint density at radius 3 is 2.16 bits per heavy atom. The first-order chi connectivity index (χ1) is 29.3. The SMILES string of the molecule is C[C@H]1C[C@H]2C(=O)O[C@@H](C)C(NC(=O)[C@H](Cc3cc(F)cc(F)c3)NC(=O)Nc3ccc(OC(F)(F)F)cc3)C(=O)N3CCC[C@H]3C(=O)N3CCCC[C@H]3C(=O)N[C@@H](C)C(=O)N2C1. The molecule has 4 fully saturated rings. The number of piperidine rings is 1. The number of cyclic esters (lactones) is 1. The molecular formula is C41H48F5N7O9. The number of halogens is 5. The number of hydrogen-bond donors (Lipinski definition) is 4. The van der Waals surface area contributed by atoms with Gasteiger partial charge in [0.25, 0.3) is 0 Å². The monoisotopic (exact) mass is 877 g/mol. The summed E-state index contributed by atoms with van der Waals surface area (Å²) in [6.07, 6.45) is -4.73. The van der Waals surface area contributed by atoms with Gasteiger partial charge < -0.3 is 45.4 Å². The molecule has 4 aliphatic heterocycles. The van der Waals surface area contributed by atoms with Crippen LogP contribution in [0.3, 0.4) is 0 Å². The van der Waals surface area contributed by atoms with Gasteiger partial charge in [-0.25, -0.2) is 18.4 Å². The van der Waals surface area contributed by atoms with Crippen molar-refractivity contribution in [2.24, 2.45) is 5.92 Å². The zero-order valence-electron chi connectivity index (χ0n) is 34.1. The minimum atomic E-state index is -4.97. The summed E-state index contributed by atoms with van der Waals surface area (Å²) < 4.78 is 76.4. The van der Waals surface area contributed by atoms with Gasteiger partial charge >= 0.3 is 18.4 Å². The van der Waals surface area contributed by atoms with E-state index in [2.05, 4.69) is 26.0 Å². The summed E-state index contributed by atoms with van der Waals surface area (Å²) in [6.45, 7) is 5.04. The predicted octanol–water partition coefficient (Wildman–Crippen LogP) is 3.14. The lowest BCUT2D eigenvalue weighted by Crippen LogP contribution is -2.63. The minimum absolute atomic E-state index is 0.0393. The van der Waals surface area contributed by atoms with Crippen molar-refractivity contribution in [3.8, 4) is 5.75 Å². The highest BCUT2D eigenvalue weighted by atomic mass is 19.4. The van der Waals surface area contributed by atoms with E-state index in [0.29, 0.717) is 31.7 Å². The summed E-state index contributed by atoms with van der Waals surface area (Å²) in [6, 6.07) is -2.32. The van der Waals surface area contributed by atoms with E-state index in [1.165, 1.54) is 28.5 Å². The number of amides is 7. The van der Waals surface area contributed by atoms with E-state index in [1.807, 2.05) is 6.92 Å². The van der Waals surface area contributed by atoms with Gasteiger partial charge in [-0.15, -0.1) is 13.2 Å². The lowest BCUT2D eigenvalue weighted by atomic mass is 9.99. The van der Waals surface area contributed by atoms with Crippen LogP contribution in [0.1, 0.15) is 64.9 Å². The van der Waals surface area contributed by atoms with Crippen molar-refractivity contribution in [2.45, 2.75) is 114 Å². The Morgan fingerprint density at radius 2 is 1.48 bits per heavy atom. The third-order valence-electron chi connectivity index (χ3n) is 11.4. The van der Waals surface area contributed by atoms with Crippen molar-refractivity contribution in [1.82, 2.24) is 30.7 Å². The maximum Gasteiger partial charge on any atom is 0.573 e. The highest BCUT2D eigenvalue weighted by Crippen LogP contribution is 2.29. The standard InChI is InChI=1S/C41H48F5N7O9/c1-21-15-32-39(59)61-23(3)33(38(58)52-14-6-8-31(52)37(57)51-13-5-4-7-30(51)35(55)47-22(2)36(56)53(32)20-21)50-34(54)29(18-24-16-25(42)19-26(43)17-24)49-40(60)48-27-9-11-28(12-10-27)62-41(44,45)46/h9-12,16-17,19,21-23,29-33H,4-8,13-15,18,20H2,1-3H3,(H,47,55)(H,50,54)(H2,48,49,60)/t21-,22-,23-,29-,30-,31-,32-,33?/m0/s1. The molecule has 0 aromatic heterocycles. The van der Waals surface area contributed by atoms with Gasteiger partial charge in [0, 0.05) is 37.8 Å². The highest BCUT2D eigenvalue weighted by molar-refractivity contribution is 5.99. The third kappa shape index (κ3) is 10.9. The number of benzene rings is 2. The number of anilines is 1. The highest BCUT2D eigenvalue weighted by Gasteiger charge is 2.47. The number of carbonyl (C=O) groups is 7. The second kappa shape index (κ2) is 18.9. The molecule has 8 atom stereocenters. The van der Waals surface area contributed by atoms with Gasteiger partial charge in [0.1, 0.15) is 59.7 Å². The number of hydrogen-bond acceptors (Lipinski definition) is 9. The molecule has 62 heavy (non-hydrogen) atoms. The Labute approximate surface area is 353 Å². The van der Waals surface area contributed by atoms with Crippen LogP contribution in [-0.4, -0.2) is 125 Å². The fraction of sp³-hybridized carbons (Fsp3) is 0.537. The first kappa shape index (κ1) is 45.5. The van der Waals surface area contributed by atoms with Crippen LogP contribution in [0.2, 0.25) is 0 Å². The molecule has 4 heterocycles. The number of carbonyl (C=O) groups excluding carboxylic acids is 7. The Morgan fingerprint density at radius 1 is 0.839 bits per heavy atom. The second-order valence-electron chi connectivity index (χ2n) is 16.1. The molecule has 16 nitrogen and oxygen atoms in total. The van der Waals surface area contributed by atoms with Crippen LogP contribution in [0.15, 0.2) is 42.5 Å². The van der Waals surface area contributed by atoms with Gasteiger partial charge in [-0.3, -0.25) is 24.0 Å². The Kier molecular flexibility index (Phi) is 13.9. The normalized spacial score (nSPS) is 26.7. The summed E-state index contributed by atoms with van der Waals surface area (Å²) in [7, 11) is 0. The van der Waals surface area contributed by atoms with Crippen LogP contribution in [0.4, 0.5) is 32.4 Å². The Bertz CT molecular complexity index is 2040. The zero-order valence-corrected chi connectivity index (χ0v) is 34.1. The van der Waals surface area contributed by atoms with Crippen molar-refractivity contribution in [3.05, 3.63) is 59.7 Å². The summed E-state index contributed by atoms with van der Waals surface area (Å²) in [5.41, 5.74) is -0.136. The predicted molar refractivity (Wildman–Crippen MR) is 208 cm³/mol. The average Bonchev–Trinajstić information content (AvgIpc) is 3.85. The van der Waals surface area contributed by atoms with Gasteiger partial charge in [0.15, 0.2) is 0 Å². The van der Waals surface area contributed by atoms with E-state index >= 15 is 0 Å². The lowest BCUT2D eigenvalue weighted by molar-refractivity contribution is -0.274. The number of rotatable bonds is 7. The largest absolute Gasteiger partial charge is 0.573 e. The topological polar surface area (TPSA) is 196 Å². The number of urea groups is 1. The molecule has 2 aromatic carbocycles. The first-order valence-electron chi connectivity index (χ1n) is 20.4. The Hall–Kier alpha value is -6.02. The fourth-order valence-electron chi connectivity index (χ4n) is 8.46. The van der Waals surface area contributed by atoms with Gasteiger partial charge in [0.2, 0.25) is 29.5 Å². The molecule has 4 N–H and O–H groups in total. The molecule has 336 valence electrons. The van der Waals surface area contributed by atoms with Crippen molar-refractivity contribution < 1.29 is 65.0 Å². The quantitative estimate of drug-likeness (QED) is 0.239.